The Balaban J connectivity index is 3.54. The van der Waals surface area contributed by atoms with Crippen molar-refractivity contribution in [1.82, 2.24) is 0 Å². The largest absolute Gasteiger partial charge is 0.462 e. The van der Waals surface area contributed by atoms with E-state index in [9.17, 15) is 4.79 Å². The monoisotopic (exact) mass is 182 g/mol. The van der Waals surface area contributed by atoms with E-state index in [0.717, 1.165) is 12.8 Å². The zero-order chi connectivity index (χ0) is 10.1. The lowest BCUT2D eigenvalue weighted by molar-refractivity contribution is -0.138. The van der Waals surface area contributed by atoms with Crippen molar-refractivity contribution in [3.63, 3.8) is 0 Å². The molecule has 0 spiro atoms. The molecule has 13 heavy (non-hydrogen) atoms. The van der Waals surface area contributed by atoms with E-state index >= 15 is 0 Å². The van der Waals surface area contributed by atoms with Gasteiger partial charge in [0.15, 0.2) is 0 Å². The Bertz CT molecular complexity index is 202. The molecule has 2 heteroatoms. The van der Waals surface area contributed by atoms with Crippen LogP contribution < -0.4 is 0 Å². The Labute approximate surface area is 80.3 Å². The molecule has 0 rings (SSSR count). The summed E-state index contributed by atoms with van der Waals surface area (Å²) in [6.45, 7) is 6.13. The van der Waals surface area contributed by atoms with Gasteiger partial charge in [0.2, 0.25) is 0 Å². The van der Waals surface area contributed by atoms with Crippen LogP contribution in [0.5, 0.6) is 0 Å². The molecule has 0 aromatic heterocycles. The minimum absolute atomic E-state index is 0.215. The molecule has 0 amide bonds. The van der Waals surface area contributed by atoms with Crippen LogP contribution in [0.25, 0.3) is 0 Å². The normalized spacial score (nSPS) is 12.1. The Morgan fingerprint density at radius 3 is 2.62 bits per heavy atom. The second-order valence-electron chi connectivity index (χ2n) is 2.78. The van der Waals surface area contributed by atoms with E-state index in [1.54, 1.807) is 13.0 Å². The van der Waals surface area contributed by atoms with Gasteiger partial charge in [-0.1, -0.05) is 25.2 Å². The second kappa shape index (κ2) is 7.59. The quantitative estimate of drug-likeness (QED) is 0.283. The fraction of sp³-hybridized carbons (Fsp3) is 0.545. The maximum atomic E-state index is 11.1. The van der Waals surface area contributed by atoms with Crippen molar-refractivity contribution in [2.24, 2.45) is 0 Å². The summed E-state index contributed by atoms with van der Waals surface area (Å²) in [6.07, 6.45) is 7.68. The first-order chi connectivity index (χ1) is 6.22. The first-order valence-electron chi connectivity index (χ1n) is 4.67. The van der Waals surface area contributed by atoms with Gasteiger partial charge in [0.1, 0.15) is 0 Å². The van der Waals surface area contributed by atoms with Crippen LogP contribution in [0.3, 0.4) is 0 Å². The van der Waals surface area contributed by atoms with E-state index in [0.29, 0.717) is 12.2 Å². The third-order valence-electron chi connectivity index (χ3n) is 1.68. The number of ether oxygens (including phenoxy) is 1. The summed E-state index contributed by atoms with van der Waals surface area (Å²) in [7, 11) is 0. The van der Waals surface area contributed by atoms with Gasteiger partial charge in [-0.2, -0.15) is 0 Å². The van der Waals surface area contributed by atoms with Gasteiger partial charge in [-0.05, 0) is 26.7 Å². The molecule has 2 nitrogen and oxygen atoms in total. The average Bonchev–Trinajstić information content (AvgIpc) is 2.16. The van der Waals surface area contributed by atoms with Crippen LogP contribution in [0.1, 0.15) is 33.6 Å². The lowest BCUT2D eigenvalue weighted by atomic mass is 10.3. The molecule has 0 saturated heterocycles. The van der Waals surface area contributed by atoms with E-state index in [1.165, 1.54) is 0 Å². The van der Waals surface area contributed by atoms with Gasteiger partial charge in [0.05, 0.1) is 6.61 Å². The van der Waals surface area contributed by atoms with Crippen molar-refractivity contribution in [2.75, 3.05) is 6.61 Å². The molecule has 0 aliphatic carbocycles. The number of hydrogen-bond acceptors (Lipinski definition) is 2. The van der Waals surface area contributed by atoms with Crippen LogP contribution in [-0.4, -0.2) is 12.6 Å². The molecule has 0 aliphatic rings. The van der Waals surface area contributed by atoms with E-state index in [-0.39, 0.29) is 5.97 Å². The summed E-state index contributed by atoms with van der Waals surface area (Å²) in [5.74, 6) is -0.215. The fourth-order valence-electron chi connectivity index (χ4n) is 0.736. The number of esters is 1. The molecule has 74 valence electrons. The molecule has 0 fully saturated rings. The van der Waals surface area contributed by atoms with Gasteiger partial charge in [0.25, 0.3) is 0 Å². The summed E-state index contributed by atoms with van der Waals surface area (Å²) in [5.41, 5.74) is 0.666. The SMILES string of the molecule is CC=C(C)C(=O)OCC/C=C/CC. The molecule has 0 N–H and O–H groups in total. The summed E-state index contributed by atoms with van der Waals surface area (Å²) < 4.78 is 4.98. The highest BCUT2D eigenvalue weighted by atomic mass is 16.5. The predicted octanol–water partition coefficient (Wildman–Crippen LogP) is 2.85. The van der Waals surface area contributed by atoms with Crippen LogP contribution in [0.4, 0.5) is 0 Å². The third kappa shape index (κ3) is 6.14. The maximum absolute atomic E-state index is 11.1. The molecule has 0 aliphatic heterocycles. The minimum Gasteiger partial charge on any atom is -0.462 e. The fourth-order valence-corrected chi connectivity index (χ4v) is 0.736. The molecular weight excluding hydrogens is 164 g/mol. The first kappa shape index (κ1) is 11.9. The highest BCUT2D eigenvalue weighted by molar-refractivity contribution is 5.87. The molecule has 0 bridgehead atoms. The molecule has 0 atom stereocenters. The van der Waals surface area contributed by atoms with Crippen LogP contribution in [0.15, 0.2) is 23.8 Å². The Morgan fingerprint density at radius 1 is 1.38 bits per heavy atom. The number of carbonyl (C=O) groups is 1. The molecule has 0 radical (unpaired) electrons. The van der Waals surface area contributed by atoms with Crippen LogP contribution in [0.2, 0.25) is 0 Å². The van der Waals surface area contributed by atoms with E-state index in [1.807, 2.05) is 13.0 Å². The van der Waals surface area contributed by atoms with Crippen LogP contribution in [-0.2, 0) is 9.53 Å². The van der Waals surface area contributed by atoms with Gasteiger partial charge in [-0.3, -0.25) is 0 Å². The molecular formula is C11H18O2. The summed E-state index contributed by atoms with van der Waals surface area (Å²) in [4.78, 5) is 11.1. The van der Waals surface area contributed by atoms with Crippen molar-refractivity contribution in [1.29, 1.82) is 0 Å². The zero-order valence-electron chi connectivity index (χ0n) is 8.67. The summed E-state index contributed by atoms with van der Waals surface area (Å²) in [6, 6.07) is 0. The number of hydrogen-bond donors (Lipinski definition) is 0. The summed E-state index contributed by atoms with van der Waals surface area (Å²) in [5, 5.41) is 0. The lowest BCUT2D eigenvalue weighted by Gasteiger charge is -2.01. The molecule has 0 aromatic carbocycles. The molecule has 0 unspecified atom stereocenters. The highest BCUT2D eigenvalue weighted by Gasteiger charge is 2.01. The molecule has 0 saturated carbocycles. The minimum atomic E-state index is -0.215. The second-order valence-corrected chi connectivity index (χ2v) is 2.78. The third-order valence-corrected chi connectivity index (χ3v) is 1.68. The Hall–Kier alpha value is -1.05. The Kier molecular flexibility index (Phi) is 6.98. The van der Waals surface area contributed by atoms with Gasteiger partial charge in [0, 0.05) is 5.57 Å². The van der Waals surface area contributed by atoms with Crippen molar-refractivity contribution in [2.45, 2.75) is 33.6 Å². The van der Waals surface area contributed by atoms with Crippen molar-refractivity contribution >= 4 is 5.97 Å². The van der Waals surface area contributed by atoms with Crippen LogP contribution in [0, 0.1) is 0 Å². The standard InChI is InChI=1S/C11H18O2/c1-4-6-7-8-9-13-11(12)10(3)5-2/h5-7H,4,8-9H2,1-3H3/b7-6+,10-5?. The van der Waals surface area contributed by atoms with Gasteiger partial charge in [-0.15, -0.1) is 0 Å². The predicted molar refractivity (Wildman–Crippen MR) is 54.4 cm³/mol. The van der Waals surface area contributed by atoms with Crippen LogP contribution >= 0.6 is 0 Å². The first-order valence-corrected chi connectivity index (χ1v) is 4.67. The van der Waals surface area contributed by atoms with E-state index in [2.05, 4.69) is 13.0 Å². The smallest absolute Gasteiger partial charge is 0.333 e. The number of rotatable bonds is 5. The molecule has 0 aromatic rings. The molecule has 0 heterocycles. The average molecular weight is 182 g/mol. The van der Waals surface area contributed by atoms with E-state index < -0.39 is 0 Å². The zero-order valence-corrected chi connectivity index (χ0v) is 8.67. The lowest BCUT2D eigenvalue weighted by Crippen LogP contribution is -2.06. The number of allylic oxidation sites excluding steroid dienone is 2. The van der Waals surface area contributed by atoms with Gasteiger partial charge in [-0.25, -0.2) is 4.79 Å². The van der Waals surface area contributed by atoms with Crippen molar-refractivity contribution in [3.05, 3.63) is 23.8 Å². The van der Waals surface area contributed by atoms with Crippen molar-refractivity contribution in [3.8, 4) is 0 Å². The Morgan fingerprint density at radius 2 is 2.08 bits per heavy atom. The summed E-state index contributed by atoms with van der Waals surface area (Å²) >= 11 is 0. The highest BCUT2D eigenvalue weighted by Crippen LogP contribution is 1.97. The van der Waals surface area contributed by atoms with Crippen molar-refractivity contribution < 1.29 is 9.53 Å². The van der Waals surface area contributed by atoms with E-state index in [4.69, 9.17) is 4.74 Å². The van der Waals surface area contributed by atoms with Gasteiger partial charge >= 0.3 is 5.97 Å². The topological polar surface area (TPSA) is 26.3 Å². The number of carbonyl (C=O) groups excluding carboxylic acids is 1. The maximum Gasteiger partial charge on any atom is 0.333 e. The van der Waals surface area contributed by atoms with Gasteiger partial charge < -0.3 is 4.74 Å².